The van der Waals surface area contributed by atoms with Crippen LogP contribution in [0.25, 0.3) is 0 Å². The third kappa shape index (κ3) is 2.80. The minimum Gasteiger partial charge on any atom is -0.380 e. The molecule has 1 fully saturated rings. The molecule has 0 spiro atoms. The molecule has 2 unspecified atom stereocenters. The van der Waals surface area contributed by atoms with E-state index in [1.54, 1.807) is 0 Å². The van der Waals surface area contributed by atoms with Crippen molar-refractivity contribution >= 4 is 0 Å². The van der Waals surface area contributed by atoms with E-state index in [0.29, 0.717) is 12.1 Å². The Hall–Kier alpha value is -0.930. The van der Waals surface area contributed by atoms with Gasteiger partial charge in [0.2, 0.25) is 0 Å². The van der Waals surface area contributed by atoms with Crippen molar-refractivity contribution < 1.29 is 4.74 Å². The fourth-order valence-electron chi connectivity index (χ4n) is 2.27. The van der Waals surface area contributed by atoms with Crippen LogP contribution in [0.15, 0.2) is 24.5 Å². The fraction of sp³-hybridized carbons (Fsp3) is 0.615. The third-order valence-corrected chi connectivity index (χ3v) is 3.30. The average molecular weight is 220 g/mol. The molecule has 1 aliphatic rings. The molecule has 1 aliphatic carbocycles. The van der Waals surface area contributed by atoms with Crippen molar-refractivity contribution in [1.82, 2.24) is 10.3 Å². The van der Waals surface area contributed by atoms with E-state index in [1.165, 1.54) is 18.4 Å². The number of hydrogen-bond donors (Lipinski definition) is 1. The molecule has 88 valence electrons. The quantitative estimate of drug-likeness (QED) is 0.791. The zero-order chi connectivity index (χ0) is 11.4. The Kier molecular flexibility index (Phi) is 3.91. The molecule has 0 aliphatic heterocycles. The highest BCUT2D eigenvalue weighted by molar-refractivity contribution is 5.11. The molecule has 3 nitrogen and oxygen atoms in total. The lowest BCUT2D eigenvalue weighted by Crippen LogP contribution is -2.42. The van der Waals surface area contributed by atoms with Crippen molar-refractivity contribution in [3.05, 3.63) is 30.1 Å². The molecule has 0 aromatic carbocycles. The van der Waals surface area contributed by atoms with Gasteiger partial charge in [-0.25, -0.2) is 0 Å². The summed E-state index contributed by atoms with van der Waals surface area (Å²) in [5.41, 5.74) is 1.27. The van der Waals surface area contributed by atoms with Gasteiger partial charge in [-0.05, 0) is 43.9 Å². The number of nitrogens with one attached hydrogen (secondary N) is 1. The number of methoxy groups -OCH3 is 1. The molecule has 0 bridgehead atoms. The summed E-state index contributed by atoms with van der Waals surface area (Å²) < 4.78 is 5.62. The van der Waals surface area contributed by atoms with Crippen molar-refractivity contribution in [2.45, 2.75) is 31.4 Å². The van der Waals surface area contributed by atoms with Gasteiger partial charge in [-0.1, -0.05) is 6.07 Å². The van der Waals surface area contributed by atoms with E-state index in [-0.39, 0.29) is 0 Å². The number of nitrogens with zero attached hydrogens (tertiary/aromatic N) is 1. The largest absolute Gasteiger partial charge is 0.380 e. The van der Waals surface area contributed by atoms with Gasteiger partial charge < -0.3 is 10.1 Å². The second-order valence-corrected chi connectivity index (χ2v) is 4.50. The SMILES string of the molecule is CNC(Cc1cccnc1)C(OC)C1CC1. The molecule has 0 saturated heterocycles. The molecule has 1 aromatic rings. The summed E-state index contributed by atoms with van der Waals surface area (Å²) in [5, 5.41) is 3.37. The van der Waals surface area contributed by atoms with Crippen LogP contribution < -0.4 is 5.32 Å². The van der Waals surface area contributed by atoms with Gasteiger partial charge >= 0.3 is 0 Å². The summed E-state index contributed by atoms with van der Waals surface area (Å²) in [5.74, 6) is 0.749. The molecule has 3 heteroatoms. The maximum absolute atomic E-state index is 5.62. The number of rotatable bonds is 6. The lowest BCUT2D eigenvalue weighted by Gasteiger charge is -2.25. The summed E-state index contributed by atoms with van der Waals surface area (Å²) in [6.45, 7) is 0. The highest BCUT2D eigenvalue weighted by Gasteiger charge is 2.36. The van der Waals surface area contributed by atoms with Crippen molar-refractivity contribution in [1.29, 1.82) is 0 Å². The van der Waals surface area contributed by atoms with E-state index >= 15 is 0 Å². The maximum atomic E-state index is 5.62. The number of aromatic nitrogens is 1. The van der Waals surface area contributed by atoms with Crippen molar-refractivity contribution in [2.75, 3.05) is 14.2 Å². The fourth-order valence-corrected chi connectivity index (χ4v) is 2.27. The minimum absolute atomic E-state index is 0.338. The van der Waals surface area contributed by atoms with E-state index in [1.807, 2.05) is 32.6 Å². The molecule has 1 heterocycles. The molecule has 0 radical (unpaired) electrons. The van der Waals surface area contributed by atoms with Gasteiger partial charge in [0.1, 0.15) is 0 Å². The van der Waals surface area contributed by atoms with Crippen molar-refractivity contribution in [2.24, 2.45) is 5.92 Å². The summed E-state index contributed by atoms with van der Waals surface area (Å²) in [7, 11) is 3.83. The summed E-state index contributed by atoms with van der Waals surface area (Å²) in [6, 6.07) is 4.50. The molecule has 1 N–H and O–H groups in total. The van der Waals surface area contributed by atoms with Crippen LogP contribution in [0.4, 0.5) is 0 Å². The van der Waals surface area contributed by atoms with Crippen molar-refractivity contribution in [3.8, 4) is 0 Å². The lowest BCUT2D eigenvalue weighted by atomic mass is 9.99. The molecule has 2 rings (SSSR count). The Morgan fingerprint density at radius 2 is 2.38 bits per heavy atom. The van der Waals surface area contributed by atoms with Crippen LogP contribution in [-0.4, -0.2) is 31.3 Å². The predicted molar refractivity (Wildman–Crippen MR) is 64.3 cm³/mol. The van der Waals surface area contributed by atoms with Gasteiger partial charge in [0.05, 0.1) is 6.10 Å². The van der Waals surface area contributed by atoms with Crippen molar-refractivity contribution in [3.63, 3.8) is 0 Å². The Morgan fingerprint density at radius 1 is 1.56 bits per heavy atom. The summed E-state index contributed by atoms with van der Waals surface area (Å²) in [6.07, 6.45) is 7.69. The number of hydrogen-bond acceptors (Lipinski definition) is 3. The zero-order valence-electron chi connectivity index (χ0n) is 10.0. The smallest absolute Gasteiger partial charge is 0.0755 e. The van der Waals surface area contributed by atoms with Crippen LogP contribution in [0.5, 0.6) is 0 Å². The van der Waals surface area contributed by atoms with Gasteiger partial charge in [0.25, 0.3) is 0 Å². The standard InChI is InChI=1S/C13H20N2O/c1-14-12(13(16-2)11-5-6-11)8-10-4-3-7-15-9-10/h3-4,7,9,11-14H,5-6,8H2,1-2H3. The number of ether oxygens (including phenoxy) is 1. The average Bonchev–Trinajstić information content (AvgIpc) is 3.14. The van der Waals surface area contributed by atoms with Gasteiger partial charge in [-0.2, -0.15) is 0 Å². The summed E-state index contributed by atoms with van der Waals surface area (Å²) >= 11 is 0. The first-order valence-electron chi connectivity index (χ1n) is 5.94. The first-order chi connectivity index (χ1) is 7.85. The lowest BCUT2D eigenvalue weighted by molar-refractivity contribution is 0.0534. The van der Waals surface area contributed by atoms with E-state index in [9.17, 15) is 0 Å². The molecule has 16 heavy (non-hydrogen) atoms. The first-order valence-corrected chi connectivity index (χ1v) is 5.94. The topological polar surface area (TPSA) is 34.2 Å². The highest BCUT2D eigenvalue weighted by atomic mass is 16.5. The normalized spacial score (nSPS) is 19.4. The Morgan fingerprint density at radius 3 is 2.88 bits per heavy atom. The molecule has 0 amide bonds. The maximum Gasteiger partial charge on any atom is 0.0755 e. The molecular formula is C13H20N2O. The van der Waals surface area contributed by atoms with Gasteiger partial charge in [-0.15, -0.1) is 0 Å². The van der Waals surface area contributed by atoms with Crippen LogP contribution >= 0.6 is 0 Å². The van der Waals surface area contributed by atoms with E-state index in [0.717, 1.165) is 12.3 Å². The van der Waals surface area contributed by atoms with Crippen LogP contribution in [0.1, 0.15) is 18.4 Å². The van der Waals surface area contributed by atoms with Crippen LogP contribution in [-0.2, 0) is 11.2 Å². The second kappa shape index (κ2) is 5.41. The zero-order valence-corrected chi connectivity index (χ0v) is 10.0. The van der Waals surface area contributed by atoms with Gasteiger partial charge in [0, 0.05) is 25.5 Å². The van der Waals surface area contributed by atoms with Gasteiger partial charge in [0.15, 0.2) is 0 Å². The first kappa shape index (κ1) is 11.6. The molecule has 1 aromatic heterocycles. The second-order valence-electron chi connectivity index (χ2n) is 4.50. The van der Waals surface area contributed by atoms with Crippen LogP contribution in [0.2, 0.25) is 0 Å². The molecular weight excluding hydrogens is 200 g/mol. The monoisotopic (exact) mass is 220 g/mol. The Bertz CT molecular complexity index is 311. The molecule has 2 atom stereocenters. The van der Waals surface area contributed by atoms with Crippen LogP contribution in [0.3, 0.4) is 0 Å². The minimum atomic E-state index is 0.338. The van der Waals surface area contributed by atoms with Crippen LogP contribution in [0, 0.1) is 5.92 Å². The van der Waals surface area contributed by atoms with E-state index < -0.39 is 0 Å². The van der Waals surface area contributed by atoms with Gasteiger partial charge in [-0.3, -0.25) is 4.98 Å². The molecule has 1 saturated carbocycles. The number of pyridine rings is 1. The number of likely N-dealkylation sites (N-methyl/N-ethyl adjacent to an activating group) is 1. The Balaban J connectivity index is 1.99. The predicted octanol–water partition coefficient (Wildman–Crippen LogP) is 1.64. The van der Waals surface area contributed by atoms with E-state index in [2.05, 4.69) is 16.4 Å². The summed E-state index contributed by atoms with van der Waals surface area (Å²) in [4.78, 5) is 4.15. The third-order valence-electron chi connectivity index (χ3n) is 3.30. The van der Waals surface area contributed by atoms with E-state index in [4.69, 9.17) is 4.74 Å². The highest BCUT2D eigenvalue weighted by Crippen LogP contribution is 2.36. The Labute approximate surface area is 97.2 Å².